The summed E-state index contributed by atoms with van der Waals surface area (Å²) in [5.41, 5.74) is 0. The lowest BCUT2D eigenvalue weighted by atomic mass is 10.2. The van der Waals surface area contributed by atoms with Gasteiger partial charge in [-0.3, -0.25) is 0 Å². The maximum atomic E-state index is 10.2. The van der Waals surface area contributed by atoms with Crippen LogP contribution in [0.2, 0.25) is 5.02 Å². The first-order valence-electron chi connectivity index (χ1n) is 4.89. The van der Waals surface area contributed by atoms with Crippen LogP contribution in [0.5, 0.6) is 5.75 Å². The van der Waals surface area contributed by atoms with Crippen LogP contribution < -0.4 is 4.74 Å². The van der Waals surface area contributed by atoms with E-state index >= 15 is 0 Å². The molecule has 1 unspecified atom stereocenters. The van der Waals surface area contributed by atoms with Crippen LogP contribution >= 0.6 is 11.6 Å². The number of halogens is 1. The molecule has 0 fully saturated rings. The van der Waals surface area contributed by atoms with Gasteiger partial charge in [0.2, 0.25) is 0 Å². The van der Waals surface area contributed by atoms with E-state index in [4.69, 9.17) is 21.4 Å². The molecule has 1 aromatic rings. The van der Waals surface area contributed by atoms with Crippen LogP contribution in [-0.4, -0.2) is 17.2 Å². The topological polar surface area (TPSA) is 46.5 Å². The zero-order valence-corrected chi connectivity index (χ0v) is 9.65. The van der Waals surface area contributed by atoms with Gasteiger partial charge in [0.05, 0.1) is 6.10 Å². The Bertz CT molecular complexity index is 370. The molecule has 0 saturated heterocycles. The summed E-state index contributed by atoms with van der Waals surface area (Å²) < 4.78 is 5.55. The maximum Gasteiger partial charge on any atom is 0.327 e. The quantitative estimate of drug-likeness (QED) is 0.805. The molecule has 4 heteroatoms. The van der Waals surface area contributed by atoms with Gasteiger partial charge in [-0.05, 0) is 31.2 Å². The highest BCUT2D eigenvalue weighted by atomic mass is 35.5. The highest BCUT2D eigenvalue weighted by Gasteiger charge is 2.01. The molecule has 0 aliphatic heterocycles. The maximum absolute atomic E-state index is 10.2. The standard InChI is InChI=1S/C12H13ClO3/c1-9(3-2-4-12(14)15)16-11-7-5-10(13)6-8-11/h2,4-9H,3H2,1H3,(H,14,15)/b4-2+. The number of hydrogen-bond donors (Lipinski definition) is 1. The highest BCUT2D eigenvalue weighted by molar-refractivity contribution is 6.30. The van der Waals surface area contributed by atoms with Crippen LogP contribution in [-0.2, 0) is 4.79 Å². The summed E-state index contributed by atoms with van der Waals surface area (Å²) in [7, 11) is 0. The van der Waals surface area contributed by atoms with E-state index in [1.165, 1.54) is 0 Å². The number of benzene rings is 1. The van der Waals surface area contributed by atoms with E-state index < -0.39 is 5.97 Å². The lowest BCUT2D eigenvalue weighted by molar-refractivity contribution is -0.131. The first-order valence-corrected chi connectivity index (χ1v) is 5.27. The van der Waals surface area contributed by atoms with Gasteiger partial charge in [0.25, 0.3) is 0 Å². The van der Waals surface area contributed by atoms with Crippen molar-refractivity contribution in [2.24, 2.45) is 0 Å². The molecule has 0 heterocycles. The van der Waals surface area contributed by atoms with Crippen molar-refractivity contribution in [2.45, 2.75) is 19.4 Å². The molecule has 0 aliphatic carbocycles. The third-order valence-corrected chi connectivity index (χ3v) is 2.13. The van der Waals surface area contributed by atoms with Crippen LogP contribution in [0.1, 0.15) is 13.3 Å². The van der Waals surface area contributed by atoms with Gasteiger partial charge in [-0.1, -0.05) is 17.7 Å². The predicted molar refractivity (Wildman–Crippen MR) is 62.9 cm³/mol. The molecule has 0 saturated carbocycles. The minimum atomic E-state index is -0.946. The number of carbonyl (C=O) groups is 1. The Labute approximate surface area is 99.3 Å². The molecular weight excluding hydrogens is 228 g/mol. The number of hydrogen-bond acceptors (Lipinski definition) is 2. The first kappa shape index (κ1) is 12.6. The Morgan fingerprint density at radius 3 is 2.69 bits per heavy atom. The second kappa shape index (κ2) is 6.18. The van der Waals surface area contributed by atoms with E-state index in [9.17, 15) is 4.79 Å². The molecule has 0 bridgehead atoms. The summed E-state index contributed by atoms with van der Waals surface area (Å²) >= 11 is 5.73. The molecule has 0 spiro atoms. The van der Waals surface area contributed by atoms with Crippen molar-refractivity contribution >= 4 is 17.6 Å². The van der Waals surface area contributed by atoms with E-state index in [0.717, 1.165) is 11.8 Å². The van der Waals surface area contributed by atoms with Gasteiger partial charge in [0, 0.05) is 17.5 Å². The molecule has 86 valence electrons. The molecule has 0 radical (unpaired) electrons. The van der Waals surface area contributed by atoms with E-state index in [-0.39, 0.29) is 6.10 Å². The van der Waals surface area contributed by atoms with E-state index in [1.54, 1.807) is 30.3 Å². The van der Waals surface area contributed by atoms with Gasteiger partial charge in [0.1, 0.15) is 5.75 Å². The summed E-state index contributed by atoms with van der Waals surface area (Å²) in [6.45, 7) is 1.88. The molecule has 0 aromatic heterocycles. The minimum Gasteiger partial charge on any atom is -0.490 e. The lowest BCUT2D eigenvalue weighted by Crippen LogP contribution is -2.10. The van der Waals surface area contributed by atoms with Gasteiger partial charge < -0.3 is 9.84 Å². The fourth-order valence-electron chi connectivity index (χ4n) is 1.15. The predicted octanol–water partition coefficient (Wildman–Crippen LogP) is 3.14. The Kier molecular flexibility index (Phi) is 4.86. The van der Waals surface area contributed by atoms with Crippen molar-refractivity contribution in [3.63, 3.8) is 0 Å². The summed E-state index contributed by atoms with van der Waals surface area (Å²) in [6.07, 6.45) is 3.16. The van der Waals surface area contributed by atoms with Crippen LogP contribution in [0.3, 0.4) is 0 Å². The molecule has 1 N–H and O–H groups in total. The molecular formula is C12H13ClO3. The van der Waals surface area contributed by atoms with Gasteiger partial charge in [-0.25, -0.2) is 4.79 Å². The third kappa shape index (κ3) is 4.84. The van der Waals surface area contributed by atoms with Gasteiger partial charge in [-0.2, -0.15) is 0 Å². The monoisotopic (exact) mass is 240 g/mol. The second-order valence-corrected chi connectivity index (χ2v) is 3.80. The normalized spacial score (nSPS) is 12.6. The first-order chi connectivity index (χ1) is 7.58. The Morgan fingerprint density at radius 2 is 2.12 bits per heavy atom. The van der Waals surface area contributed by atoms with Gasteiger partial charge in [-0.15, -0.1) is 0 Å². The molecule has 3 nitrogen and oxygen atoms in total. The van der Waals surface area contributed by atoms with Gasteiger partial charge >= 0.3 is 5.97 Å². The van der Waals surface area contributed by atoms with Gasteiger partial charge in [0.15, 0.2) is 0 Å². The molecule has 16 heavy (non-hydrogen) atoms. The van der Waals surface area contributed by atoms with Crippen molar-refractivity contribution in [1.29, 1.82) is 0 Å². The van der Waals surface area contributed by atoms with Crippen LogP contribution in [0.4, 0.5) is 0 Å². The van der Waals surface area contributed by atoms with Crippen molar-refractivity contribution in [2.75, 3.05) is 0 Å². The summed E-state index contributed by atoms with van der Waals surface area (Å²) in [4.78, 5) is 10.2. The van der Waals surface area contributed by atoms with Crippen molar-refractivity contribution in [1.82, 2.24) is 0 Å². The Morgan fingerprint density at radius 1 is 1.50 bits per heavy atom. The van der Waals surface area contributed by atoms with Crippen LogP contribution in [0.25, 0.3) is 0 Å². The SMILES string of the molecule is CC(C/C=C/C(=O)O)Oc1ccc(Cl)cc1. The van der Waals surface area contributed by atoms with E-state index in [2.05, 4.69) is 0 Å². The summed E-state index contributed by atoms with van der Waals surface area (Å²) in [6, 6.07) is 7.05. The fraction of sp³-hybridized carbons (Fsp3) is 0.250. The smallest absolute Gasteiger partial charge is 0.327 e. The average molecular weight is 241 g/mol. The van der Waals surface area contributed by atoms with Crippen molar-refractivity contribution < 1.29 is 14.6 Å². The number of aliphatic carboxylic acids is 1. The van der Waals surface area contributed by atoms with E-state index in [0.29, 0.717) is 11.4 Å². The number of carboxylic acids is 1. The minimum absolute atomic E-state index is 0.0724. The van der Waals surface area contributed by atoms with Crippen LogP contribution in [0, 0.1) is 0 Å². The second-order valence-electron chi connectivity index (χ2n) is 3.36. The van der Waals surface area contributed by atoms with Crippen molar-refractivity contribution in [3.8, 4) is 5.75 Å². The molecule has 1 atom stereocenters. The molecule has 0 aliphatic rings. The fourth-order valence-corrected chi connectivity index (χ4v) is 1.28. The summed E-state index contributed by atoms with van der Waals surface area (Å²) in [5, 5.41) is 9.06. The number of rotatable bonds is 5. The Balaban J connectivity index is 2.42. The molecule has 0 amide bonds. The average Bonchev–Trinajstić information content (AvgIpc) is 2.21. The zero-order chi connectivity index (χ0) is 12.0. The molecule has 1 rings (SSSR count). The van der Waals surface area contributed by atoms with E-state index in [1.807, 2.05) is 6.92 Å². The highest BCUT2D eigenvalue weighted by Crippen LogP contribution is 2.17. The number of ether oxygens (including phenoxy) is 1. The third-order valence-electron chi connectivity index (χ3n) is 1.88. The largest absolute Gasteiger partial charge is 0.490 e. The molecule has 1 aromatic carbocycles. The van der Waals surface area contributed by atoms with Crippen molar-refractivity contribution in [3.05, 3.63) is 41.4 Å². The Hall–Kier alpha value is -1.48. The van der Waals surface area contributed by atoms with Crippen LogP contribution in [0.15, 0.2) is 36.4 Å². The summed E-state index contributed by atoms with van der Waals surface area (Å²) in [5.74, 6) is -0.223. The zero-order valence-electron chi connectivity index (χ0n) is 8.89. The lowest BCUT2D eigenvalue weighted by Gasteiger charge is -2.12. The number of carboxylic acid groups (broad SMARTS) is 1.